The maximum absolute atomic E-state index is 13.1. The number of rotatable bonds is 7. The van der Waals surface area contributed by atoms with Crippen molar-refractivity contribution >= 4 is 28.1 Å². The Hall–Kier alpha value is -2.58. The first-order valence-corrected chi connectivity index (χ1v) is 14.1. The van der Waals surface area contributed by atoms with Crippen LogP contribution in [0.3, 0.4) is 0 Å². The van der Waals surface area contributed by atoms with Gasteiger partial charge in [0.05, 0.1) is 11.2 Å². The van der Waals surface area contributed by atoms with Gasteiger partial charge in [-0.3, -0.25) is 14.7 Å². The third-order valence-corrected chi connectivity index (χ3v) is 9.07. The Bertz CT molecular complexity index is 1210. The van der Waals surface area contributed by atoms with E-state index in [0.717, 1.165) is 73.5 Å². The molecule has 1 aliphatic heterocycles. The summed E-state index contributed by atoms with van der Waals surface area (Å²) in [5.74, 6) is 0.720. The van der Waals surface area contributed by atoms with Crippen LogP contribution in [0.1, 0.15) is 65.9 Å². The van der Waals surface area contributed by atoms with Gasteiger partial charge in [0.1, 0.15) is 12.3 Å². The van der Waals surface area contributed by atoms with E-state index in [1.165, 1.54) is 11.3 Å². The molecule has 8 heteroatoms. The normalized spacial score (nSPS) is 26.2. The van der Waals surface area contributed by atoms with Crippen LogP contribution >= 0.6 is 11.3 Å². The average Bonchev–Trinajstić information content (AvgIpc) is 3.29. The standard InChI is InChI=1S/C28H33FN4O2S/c29-19-15-21(16-19)35-28-32-25-17-33(14-11-26(25)36-28)13-10-18-6-8-20(9-7-18)31-27(34)23-3-1-5-24-22(23)4-2-12-30-24/h1-5,12,18-21H,6-11,13-17H2,(H,31,34)/t18-,19-,20-,21+. The number of fused-ring (bicyclic) bond motifs is 2. The largest absolute Gasteiger partial charge is 0.466 e. The van der Waals surface area contributed by atoms with Gasteiger partial charge < -0.3 is 10.1 Å². The van der Waals surface area contributed by atoms with Crippen molar-refractivity contribution in [2.24, 2.45) is 5.92 Å². The van der Waals surface area contributed by atoms with Crippen molar-refractivity contribution < 1.29 is 13.9 Å². The van der Waals surface area contributed by atoms with Crippen LogP contribution in [0.5, 0.6) is 5.19 Å². The van der Waals surface area contributed by atoms with E-state index in [2.05, 4.69) is 15.2 Å². The fourth-order valence-corrected chi connectivity index (χ4v) is 6.71. The molecule has 3 heterocycles. The summed E-state index contributed by atoms with van der Waals surface area (Å²) in [4.78, 5) is 25.9. The van der Waals surface area contributed by atoms with E-state index in [4.69, 9.17) is 9.72 Å². The van der Waals surface area contributed by atoms with E-state index >= 15 is 0 Å². The number of hydrogen-bond donors (Lipinski definition) is 1. The first-order chi connectivity index (χ1) is 17.6. The number of aromatic nitrogens is 2. The lowest BCUT2D eigenvalue weighted by Crippen LogP contribution is -2.38. The Morgan fingerprint density at radius 3 is 2.86 bits per heavy atom. The van der Waals surface area contributed by atoms with Gasteiger partial charge in [-0.25, -0.2) is 9.37 Å². The van der Waals surface area contributed by atoms with E-state index in [1.54, 1.807) is 17.5 Å². The third kappa shape index (κ3) is 5.25. The molecular formula is C28H33FN4O2S. The fraction of sp³-hybridized carbons (Fsp3) is 0.536. The molecule has 0 unspecified atom stereocenters. The van der Waals surface area contributed by atoms with Gasteiger partial charge in [0.25, 0.3) is 11.1 Å². The first kappa shape index (κ1) is 23.8. The highest BCUT2D eigenvalue weighted by Gasteiger charge is 2.32. The maximum Gasteiger partial charge on any atom is 0.273 e. The number of ether oxygens (including phenoxy) is 1. The molecule has 190 valence electrons. The van der Waals surface area contributed by atoms with E-state index in [9.17, 15) is 9.18 Å². The van der Waals surface area contributed by atoms with Crippen molar-refractivity contribution in [1.29, 1.82) is 0 Å². The number of carbonyl (C=O) groups excluding carboxylic acids is 1. The number of hydrogen-bond acceptors (Lipinski definition) is 6. The number of nitrogens with zero attached hydrogens (tertiary/aromatic N) is 3. The van der Waals surface area contributed by atoms with E-state index in [0.29, 0.717) is 24.3 Å². The van der Waals surface area contributed by atoms with Crippen LogP contribution in [0.15, 0.2) is 36.5 Å². The van der Waals surface area contributed by atoms with Crippen LogP contribution in [0.2, 0.25) is 0 Å². The van der Waals surface area contributed by atoms with Crippen molar-refractivity contribution in [3.05, 3.63) is 52.7 Å². The summed E-state index contributed by atoms with van der Waals surface area (Å²) in [7, 11) is 0. The first-order valence-electron chi connectivity index (χ1n) is 13.3. The molecule has 0 saturated heterocycles. The Labute approximate surface area is 215 Å². The molecule has 2 aliphatic carbocycles. The van der Waals surface area contributed by atoms with Crippen LogP contribution < -0.4 is 10.1 Å². The Kier molecular flexibility index (Phi) is 6.89. The molecule has 2 fully saturated rings. The van der Waals surface area contributed by atoms with Crippen LogP contribution in [-0.2, 0) is 13.0 Å². The quantitative estimate of drug-likeness (QED) is 0.469. The van der Waals surface area contributed by atoms with Gasteiger partial charge in [0, 0.05) is 54.0 Å². The van der Waals surface area contributed by atoms with Crippen molar-refractivity contribution in [3.8, 4) is 5.19 Å². The van der Waals surface area contributed by atoms with Crippen LogP contribution in [-0.4, -0.2) is 52.2 Å². The molecule has 2 aromatic heterocycles. The number of pyridine rings is 1. The van der Waals surface area contributed by atoms with Crippen molar-refractivity contribution in [3.63, 3.8) is 0 Å². The molecule has 6 rings (SSSR count). The van der Waals surface area contributed by atoms with E-state index in [1.807, 2.05) is 30.3 Å². The van der Waals surface area contributed by atoms with Gasteiger partial charge in [-0.05, 0) is 69.2 Å². The predicted molar refractivity (Wildman–Crippen MR) is 139 cm³/mol. The summed E-state index contributed by atoms with van der Waals surface area (Å²) < 4.78 is 18.9. The molecule has 0 bridgehead atoms. The number of amides is 1. The SMILES string of the molecule is O=C(N[C@H]1CC[C@H](CCN2CCc3sc(O[C@H]4C[C@@H](F)C4)nc3C2)CC1)c1cccc2ncccc12. The zero-order valence-corrected chi connectivity index (χ0v) is 21.3. The molecule has 0 radical (unpaired) electrons. The minimum Gasteiger partial charge on any atom is -0.466 e. The number of carbonyl (C=O) groups is 1. The van der Waals surface area contributed by atoms with Gasteiger partial charge in [0.2, 0.25) is 0 Å². The minimum absolute atomic E-state index is 0.00710. The van der Waals surface area contributed by atoms with Crippen molar-refractivity contribution in [2.45, 2.75) is 76.2 Å². The zero-order valence-electron chi connectivity index (χ0n) is 20.5. The van der Waals surface area contributed by atoms with Gasteiger partial charge in [0.15, 0.2) is 0 Å². The monoisotopic (exact) mass is 508 g/mol. The molecule has 36 heavy (non-hydrogen) atoms. The van der Waals surface area contributed by atoms with E-state index < -0.39 is 6.17 Å². The second-order valence-electron chi connectivity index (χ2n) is 10.5. The number of thiazole rings is 1. The number of alkyl halides is 1. The Morgan fingerprint density at radius 2 is 2.03 bits per heavy atom. The molecule has 6 nitrogen and oxygen atoms in total. The summed E-state index contributed by atoms with van der Waals surface area (Å²) in [5, 5.41) is 4.90. The molecule has 1 amide bonds. The topological polar surface area (TPSA) is 67.4 Å². The molecular weight excluding hydrogens is 475 g/mol. The number of nitrogens with one attached hydrogen (secondary N) is 1. The van der Waals surface area contributed by atoms with Gasteiger partial charge >= 0.3 is 0 Å². The number of halogens is 1. The minimum atomic E-state index is -0.701. The van der Waals surface area contributed by atoms with Gasteiger partial charge in [-0.15, -0.1) is 0 Å². The Morgan fingerprint density at radius 1 is 1.17 bits per heavy atom. The van der Waals surface area contributed by atoms with Gasteiger partial charge in [-0.2, -0.15) is 0 Å². The molecule has 0 atom stereocenters. The molecule has 3 aliphatic rings. The summed E-state index contributed by atoms with van der Waals surface area (Å²) in [6.07, 6.45) is 8.68. The van der Waals surface area contributed by atoms with Crippen molar-refractivity contribution in [2.75, 3.05) is 13.1 Å². The average molecular weight is 509 g/mol. The molecule has 2 saturated carbocycles. The Balaban J connectivity index is 0.948. The lowest BCUT2D eigenvalue weighted by atomic mass is 9.84. The zero-order chi connectivity index (χ0) is 24.5. The summed E-state index contributed by atoms with van der Waals surface area (Å²) in [5.41, 5.74) is 2.71. The predicted octanol–water partition coefficient (Wildman–Crippen LogP) is 5.31. The van der Waals surface area contributed by atoms with Crippen LogP contribution in [0.25, 0.3) is 10.9 Å². The maximum atomic E-state index is 13.1. The number of benzene rings is 1. The molecule has 0 spiro atoms. The molecule has 1 N–H and O–H groups in total. The van der Waals surface area contributed by atoms with E-state index in [-0.39, 0.29) is 18.1 Å². The van der Waals surface area contributed by atoms with Crippen molar-refractivity contribution in [1.82, 2.24) is 20.2 Å². The third-order valence-electron chi connectivity index (χ3n) is 8.02. The highest BCUT2D eigenvalue weighted by Crippen LogP contribution is 2.35. The second-order valence-corrected chi connectivity index (χ2v) is 11.6. The second kappa shape index (κ2) is 10.4. The van der Waals surface area contributed by atoms with Crippen LogP contribution in [0, 0.1) is 5.92 Å². The van der Waals surface area contributed by atoms with Crippen LogP contribution in [0.4, 0.5) is 4.39 Å². The highest BCUT2D eigenvalue weighted by atomic mass is 32.1. The fourth-order valence-electron chi connectivity index (χ4n) is 5.74. The lowest BCUT2D eigenvalue weighted by Gasteiger charge is -2.32. The summed E-state index contributed by atoms with van der Waals surface area (Å²) >= 11 is 1.65. The summed E-state index contributed by atoms with van der Waals surface area (Å²) in [6.45, 7) is 3.04. The molecule has 3 aromatic rings. The van der Waals surface area contributed by atoms with Gasteiger partial charge in [-0.1, -0.05) is 23.5 Å². The smallest absolute Gasteiger partial charge is 0.273 e. The summed E-state index contributed by atoms with van der Waals surface area (Å²) in [6, 6.07) is 9.82. The highest BCUT2D eigenvalue weighted by molar-refractivity contribution is 7.13. The molecule has 1 aromatic carbocycles. The lowest BCUT2D eigenvalue weighted by molar-refractivity contribution is 0.0406.